The van der Waals surface area contributed by atoms with Crippen LogP contribution in [-0.2, 0) is 9.59 Å². The second-order valence-electron chi connectivity index (χ2n) is 6.04. The van der Waals surface area contributed by atoms with Crippen molar-refractivity contribution in [3.8, 4) is 11.5 Å². The van der Waals surface area contributed by atoms with Crippen LogP contribution in [0.5, 0.6) is 11.5 Å². The number of rotatable bonds is 8. The van der Waals surface area contributed by atoms with Gasteiger partial charge < -0.3 is 19.4 Å². The van der Waals surface area contributed by atoms with Gasteiger partial charge in [-0.1, -0.05) is 50.3 Å². The summed E-state index contributed by atoms with van der Waals surface area (Å²) in [6, 6.07) is 4.23. The normalized spacial score (nSPS) is 17.9. The summed E-state index contributed by atoms with van der Waals surface area (Å²) in [4.78, 5) is 25.9. The number of aliphatic carboxylic acids is 1. The summed E-state index contributed by atoms with van der Waals surface area (Å²) in [5, 5.41) is 11.6. The number of nitrogens with zero attached hydrogens (tertiary/aromatic N) is 1. The average molecular weight is 409 g/mol. The number of carbonyl (C=O) groups excluding carboxylic acids is 2. The zero-order chi connectivity index (χ0) is 20.1. The number of hydrogen-bond donors (Lipinski definition) is 0. The Morgan fingerprint density at radius 3 is 2.63 bits per heavy atom. The molecule has 8 heteroatoms. The molecule has 1 heterocycles. The molecule has 0 N–H and O–H groups in total. The smallest absolute Gasteiger partial charge is 0.266 e. The Bertz CT molecular complexity index is 777. The maximum Gasteiger partial charge on any atom is 0.266 e. The summed E-state index contributed by atoms with van der Waals surface area (Å²) in [6.45, 7) is 6.01. The maximum absolute atomic E-state index is 12.8. The first-order valence-corrected chi connectivity index (χ1v) is 9.85. The highest BCUT2D eigenvalue weighted by molar-refractivity contribution is 8.26. The molecule has 0 saturated carbocycles. The van der Waals surface area contributed by atoms with E-state index >= 15 is 0 Å². The summed E-state index contributed by atoms with van der Waals surface area (Å²) in [7, 11) is 1.54. The van der Waals surface area contributed by atoms with Gasteiger partial charge in [0.1, 0.15) is 4.32 Å². The molecule has 0 radical (unpaired) electrons. The van der Waals surface area contributed by atoms with E-state index in [0.717, 1.165) is 22.2 Å². The van der Waals surface area contributed by atoms with E-state index in [2.05, 4.69) is 0 Å². The fraction of sp³-hybridized carbons (Fsp3) is 0.421. The van der Waals surface area contributed by atoms with Crippen molar-refractivity contribution in [3.05, 3.63) is 28.7 Å². The van der Waals surface area contributed by atoms with E-state index in [-0.39, 0.29) is 10.2 Å². The van der Waals surface area contributed by atoms with Gasteiger partial charge in [0.25, 0.3) is 5.91 Å². The highest BCUT2D eigenvalue weighted by Gasteiger charge is 2.39. The first-order chi connectivity index (χ1) is 12.8. The first-order valence-electron chi connectivity index (χ1n) is 8.62. The Kier molecular flexibility index (Phi) is 7.26. The van der Waals surface area contributed by atoms with Crippen LogP contribution in [-0.4, -0.2) is 40.9 Å². The van der Waals surface area contributed by atoms with Gasteiger partial charge in [0, 0.05) is 0 Å². The molecule has 1 aromatic carbocycles. The van der Waals surface area contributed by atoms with Gasteiger partial charge >= 0.3 is 0 Å². The predicted octanol–water partition coefficient (Wildman–Crippen LogP) is 2.46. The van der Waals surface area contributed by atoms with Crippen molar-refractivity contribution in [2.75, 3.05) is 13.7 Å². The summed E-state index contributed by atoms with van der Waals surface area (Å²) in [6.07, 6.45) is 2.26. The van der Waals surface area contributed by atoms with E-state index in [0.29, 0.717) is 29.4 Å². The minimum absolute atomic E-state index is 0.221. The Balaban J connectivity index is 2.34. The number of carboxylic acids is 1. The number of hydrogen-bond acceptors (Lipinski definition) is 7. The zero-order valence-electron chi connectivity index (χ0n) is 15.7. The Hall–Kier alpha value is -2.06. The molecule has 0 spiro atoms. The van der Waals surface area contributed by atoms with E-state index in [1.807, 2.05) is 13.8 Å². The van der Waals surface area contributed by atoms with Crippen LogP contribution >= 0.6 is 24.0 Å². The van der Waals surface area contributed by atoms with Crippen LogP contribution in [0.1, 0.15) is 32.8 Å². The number of carbonyl (C=O) groups is 2. The van der Waals surface area contributed by atoms with Crippen molar-refractivity contribution in [3.63, 3.8) is 0 Å². The van der Waals surface area contributed by atoms with Gasteiger partial charge in [0.2, 0.25) is 0 Å². The summed E-state index contributed by atoms with van der Waals surface area (Å²) < 4.78 is 11.0. The molecule has 146 valence electrons. The van der Waals surface area contributed by atoms with Crippen LogP contribution < -0.4 is 14.6 Å². The van der Waals surface area contributed by atoms with Crippen LogP contribution in [0.15, 0.2) is 23.1 Å². The van der Waals surface area contributed by atoms with Gasteiger partial charge in [-0.05, 0) is 36.6 Å². The van der Waals surface area contributed by atoms with E-state index in [4.69, 9.17) is 21.7 Å². The molecule has 2 rings (SSSR count). The fourth-order valence-electron chi connectivity index (χ4n) is 2.74. The molecule has 27 heavy (non-hydrogen) atoms. The van der Waals surface area contributed by atoms with Crippen LogP contribution in [0.3, 0.4) is 0 Å². The highest BCUT2D eigenvalue weighted by Crippen LogP contribution is 2.37. The third kappa shape index (κ3) is 4.62. The third-order valence-electron chi connectivity index (χ3n) is 4.31. The van der Waals surface area contributed by atoms with Crippen LogP contribution in [0, 0.1) is 5.92 Å². The largest absolute Gasteiger partial charge is 0.548 e. The molecule has 6 nitrogen and oxygen atoms in total. The molecule has 0 aromatic heterocycles. The molecular formula is C19H22NO5S2-. The standard InChI is InChI=1S/C19H23NO5S2/c1-5-11(3)16(18(22)23)20-17(21)15(27-19(20)26)10-12-7-8-13(25-6-2)14(9-12)24-4/h7-11,16H,5-6H2,1-4H3,(H,22,23)/p-1/b15-10-/t11-,16-/m1/s1. The van der Waals surface area contributed by atoms with E-state index in [1.54, 1.807) is 31.2 Å². The van der Waals surface area contributed by atoms with Gasteiger partial charge in [-0.15, -0.1) is 0 Å². The number of amides is 1. The molecule has 0 unspecified atom stereocenters. The lowest BCUT2D eigenvalue weighted by molar-refractivity contribution is -0.311. The second kappa shape index (κ2) is 9.23. The SMILES string of the molecule is CCOc1ccc(/C=C2\SC(=S)N([C@@H](C(=O)[O-])[C@H](C)CC)C2=O)cc1OC. The summed E-state index contributed by atoms with van der Waals surface area (Å²) in [5.74, 6) is -0.841. The first kappa shape index (κ1) is 21.2. The van der Waals surface area contributed by atoms with Crippen molar-refractivity contribution >= 4 is 46.3 Å². The third-order valence-corrected chi connectivity index (χ3v) is 5.64. The van der Waals surface area contributed by atoms with Gasteiger partial charge in [0.05, 0.1) is 30.6 Å². The molecule has 1 fully saturated rings. The van der Waals surface area contributed by atoms with Crippen molar-refractivity contribution in [1.29, 1.82) is 0 Å². The minimum Gasteiger partial charge on any atom is -0.548 e. The number of carboxylic acid groups (broad SMARTS) is 1. The van der Waals surface area contributed by atoms with Crippen LogP contribution in [0.4, 0.5) is 0 Å². The van der Waals surface area contributed by atoms with E-state index in [1.165, 1.54) is 7.11 Å². The minimum atomic E-state index is -1.30. The molecule has 1 aliphatic heterocycles. The molecule has 0 aliphatic carbocycles. The average Bonchev–Trinajstić information content (AvgIpc) is 2.90. The fourth-order valence-corrected chi connectivity index (χ4v) is 4.06. The lowest BCUT2D eigenvalue weighted by Gasteiger charge is -2.32. The second-order valence-corrected chi connectivity index (χ2v) is 7.72. The van der Waals surface area contributed by atoms with Gasteiger partial charge in [-0.25, -0.2) is 0 Å². The molecule has 2 atom stereocenters. The number of thiocarbonyl (C=S) groups is 1. The summed E-state index contributed by atoms with van der Waals surface area (Å²) >= 11 is 6.35. The topological polar surface area (TPSA) is 78.9 Å². The Labute approximate surface area is 168 Å². The van der Waals surface area contributed by atoms with Gasteiger partial charge in [-0.2, -0.15) is 0 Å². The monoisotopic (exact) mass is 408 g/mol. The molecular weight excluding hydrogens is 386 g/mol. The van der Waals surface area contributed by atoms with Gasteiger partial charge in [0.15, 0.2) is 11.5 Å². The van der Waals surface area contributed by atoms with E-state index < -0.39 is 17.9 Å². The quantitative estimate of drug-likeness (QED) is 0.483. The number of ether oxygens (including phenoxy) is 2. The Morgan fingerprint density at radius 1 is 1.37 bits per heavy atom. The maximum atomic E-state index is 12.8. The van der Waals surface area contributed by atoms with E-state index in [9.17, 15) is 14.7 Å². The molecule has 0 bridgehead atoms. The van der Waals surface area contributed by atoms with Crippen molar-refractivity contribution in [2.24, 2.45) is 5.92 Å². The van der Waals surface area contributed by atoms with Gasteiger partial charge in [-0.3, -0.25) is 9.69 Å². The zero-order valence-corrected chi connectivity index (χ0v) is 17.3. The lowest BCUT2D eigenvalue weighted by Crippen LogP contribution is -2.53. The summed E-state index contributed by atoms with van der Waals surface area (Å²) in [5.41, 5.74) is 0.726. The number of thioether (sulfide) groups is 1. The number of methoxy groups -OCH3 is 1. The molecule has 1 saturated heterocycles. The molecule has 1 aromatic rings. The van der Waals surface area contributed by atoms with Crippen molar-refractivity contribution in [2.45, 2.75) is 33.2 Å². The van der Waals surface area contributed by atoms with Crippen molar-refractivity contribution in [1.82, 2.24) is 4.90 Å². The van der Waals surface area contributed by atoms with Crippen LogP contribution in [0.25, 0.3) is 6.08 Å². The van der Waals surface area contributed by atoms with Crippen LogP contribution in [0.2, 0.25) is 0 Å². The van der Waals surface area contributed by atoms with Crippen molar-refractivity contribution < 1.29 is 24.2 Å². The molecule has 1 aliphatic rings. The lowest BCUT2D eigenvalue weighted by atomic mass is 9.98. The molecule has 1 amide bonds. The Morgan fingerprint density at radius 2 is 2.07 bits per heavy atom. The highest BCUT2D eigenvalue weighted by atomic mass is 32.2. The number of benzene rings is 1. The predicted molar refractivity (Wildman–Crippen MR) is 107 cm³/mol.